The normalized spacial score (nSPS) is 11.0. The molecule has 120 valence electrons. The van der Waals surface area contributed by atoms with Gasteiger partial charge in [-0.2, -0.15) is 13.2 Å². The first kappa shape index (κ1) is 15.7. The lowest BCUT2D eigenvalue weighted by molar-refractivity contribution is -0.141. The average Bonchev–Trinajstić information content (AvgIpc) is 2.58. The lowest BCUT2D eigenvalue weighted by atomic mass is 10.2. The van der Waals surface area contributed by atoms with E-state index in [1.54, 1.807) is 31.4 Å². The molecule has 3 aromatic rings. The van der Waals surface area contributed by atoms with E-state index in [4.69, 9.17) is 4.74 Å². The van der Waals surface area contributed by atoms with Crippen LogP contribution in [-0.2, 0) is 6.18 Å². The van der Waals surface area contributed by atoms with E-state index in [1.807, 2.05) is 6.07 Å². The summed E-state index contributed by atoms with van der Waals surface area (Å²) < 4.78 is 43.1. The summed E-state index contributed by atoms with van der Waals surface area (Å²) in [6.07, 6.45) is -3.50. The molecule has 0 fully saturated rings. The maximum Gasteiger partial charge on any atom is 0.433 e. The SMILES string of the molecule is [11CH3]Oc1cccc2nc(C#Cc3nccc(C(F)(F)F)n3)ccc12. The molecule has 0 aliphatic heterocycles. The number of benzene rings is 1. The lowest BCUT2D eigenvalue weighted by Crippen LogP contribution is -2.09. The van der Waals surface area contributed by atoms with Crippen LogP contribution in [0.5, 0.6) is 5.75 Å². The molecule has 0 bridgehead atoms. The molecular formula is C17H10F3N3O. The van der Waals surface area contributed by atoms with Gasteiger partial charge in [-0.05, 0) is 42.2 Å². The van der Waals surface area contributed by atoms with E-state index in [2.05, 4.69) is 26.8 Å². The van der Waals surface area contributed by atoms with Crippen molar-refractivity contribution in [1.82, 2.24) is 15.0 Å². The van der Waals surface area contributed by atoms with Crippen LogP contribution in [0.15, 0.2) is 42.6 Å². The summed E-state index contributed by atoms with van der Waals surface area (Å²) in [5.74, 6) is 5.65. The predicted molar refractivity (Wildman–Crippen MR) is 81.3 cm³/mol. The van der Waals surface area contributed by atoms with Crippen LogP contribution in [0.3, 0.4) is 0 Å². The van der Waals surface area contributed by atoms with Crippen molar-refractivity contribution in [2.24, 2.45) is 0 Å². The molecular weight excluding hydrogens is 318 g/mol. The Morgan fingerprint density at radius 1 is 1.00 bits per heavy atom. The number of methoxy groups -OCH3 is 1. The van der Waals surface area contributed by atoms with Gasteiger partial charge < -0.3 is 4.74 Å². The molecule has 0 aliphatic rings. The molecule has 0 spiro atoms. The highest BCUT2D eigenvalue weighted by Crippen LogP contribution is 2.27. The third-order valence-corrected chi connectivity index (χ3v) is 3.16. The number of hydrogen-bond donors (Lipinski definition) is 0. The van der Waals surface area contributed by atoms with Gasteiger partial charge in [0.05, 0.1) is 12.6 Å². The number of alkyl halides is 3. The second-order valence-corrected chi connectivity index (χ2v) is 4.74. The highest BCUT2D eigenvalue weighted by molar-refractivity contribution is 5.85. The van der Waals surface area contributed by atoms with E-state index in [0.29, 0.717) is 17.0 Å². The zero-order valence-electron chi connectivity index (χ0n) is 12.4. The molecule has 3 rings (SSSR count). The number of rotatable bonds is 1. The molecule has 7 heteroatoms. The molecule has 0 N–H and O–H groups in total. The van der Waals surface area contributed by atoms with Crippen LogP contribution < -0.4 is 4.74 Å². The molecule has 24 heavy (non-hydrogen) atoms. The molecule has 2 heterocycles. The maximum absolute atomic E-state index is 12.6. The van der Waals surface area contributed by atoms with Crippen LogP contribution in [0.4, 0.5) is 13.2 Å². The summed E-state index contributed by atoms with van der Waals surface area (Å²) in [5, 5.41) is 0.820. The Bertz CT molecular complexity index is 958. The molecule has 0 saturated heterocycles. The molecule has 2 aromatic heterocycles. The van der Waals surface area contributed by atoms with Gasteiger partial charge in [-0.15, -0.1) is 0 Å². The van der Waals surface area contributed by atoms with Crippen molar-refractivity contribution in [3.63, 3.8) is 0 Å². The highest BCUT2D eigenvalue weighted by atomic mass is 19.4. The van der Waals surface area contributed by atoms with Gasteiger partial charge in [0.25, 0.3) is 0 Å². The van der Waals surface area contributed by atoms with Gasteiger partial charge in [-0.3, -0.25) is 0 Å². The van der Waals surface area contributed by atoms with Crippen molar-refractivity contribution in [2.75, 3.05) is 7.11 Å². The average molecular weight is 328 g/mol. The molecule has 0 atom stereocenters. The standard InChI is InChI=1S/C17H10F3N3O/c1-24-14-4-2-3-13-12(14)7-5-11(22-13)6-8-16-21-10-9-15(23-16)17(18,19)20/h2-5,7,9-10H,1H3/i1-1. The molecule has 0 saturated carbocycles. The highest BCUT2D eigenvalue weighted by Gasteiger charge is 2.32. The van der Waals surface area contributed by atoms with Crippen molar-refractivity contribution in [3.8, 4) is 17.6 Å². The minimum absolute atomic E-state index is 0.211. The van der Waals surface area contributed by atoms with Crippen molar-refractivity contribution < 1.29 is 17.9 Å². The van der Waals surface area contributed by atoms with E-state index in [-0.39, 0.29) is 5.82 Å². The molecule has 4 nitrogen and oxygen atoms in total. The number of nitrogens with zero attached hydrogens (tertiary/aromatic N) is 3. The van der Waals surface area contributed by atoms with Gasteiger partial charge in [0.2, 0.25) is 5.82 Å². The molecule has 0 amide bonds. The zero-order chi connectivity index (χ0) is 17.2. The molecule has 1 aromatic carbocycles. The fourth-order valence-electron chi connectivity index (χ4n) is 2.07. The smallest absolute Gasteiger partial charge is 0.433 e. The zero-order valence-corrected chi connectivity index (χ0v) is 12.4. The number of hydrogen-bond acceptors (Lipinski definition) is 4. The van der Waals surface area contributed by atoms with Crippen molar-refractivity contribution >= 4 is 10.9 Å². The minimum atomic E-state index is -4.53. The molecule has 0 unspecified atom stereocenters. The van der Waals surface area contributed by atoms with E-state index in [9.17, 15) is 13.2 Å². The first-order valence-corrected chi connectivity index (χ1v) is 6.83. The van der Waals surface area contributed by atoms with Crippen LogP contribution >= 0.6 is 0 Å². The van der Waals surface area contributed by atoms with Crippen LogP contribution in [0.1, 0.15) is 17.2 Å². The van der Waals surface area contributed by atoms with Gasteiger partial charge in [0.1, 0.15) is 17.1 Å². The summed E-state index contributed by atoms with van der Waals surface area (Å²) >= 11 is 0. The monoisotopic (exact) mass is 328 g/mol. The van der Waals surface area contributed by atoms with E-state index in [1.165, 1.54) is 0 Å². The number of pyridine rings is 1. The molecule has 0 aliphatic carbocycles. The number of aromatic nitrogens is 3. The fourth-order valence-corrected chi connectivity index (χ4v) is 2.07. The summed E-state index contributed by atoms with van der Waals surface area (Å²) in [6.45, 7) is 0. The third kappa shape index (κ3) is 3.27. The topological polar surface area (TPSA) is 47.9 Å². The van der Waals surface area contributed by atoms with E-state index < -0.39 is 11.9 Å². The van der Waals surface area contributed by atoms with Gasteiger partial charge in [0.15, 0.2) is 0 Å². The lowest BCUT2D eigenvalue weighted by Gasteiger charge is -2.04. The van der Waals surface area contributed by atoms with Crippen molar-refractivity contribution in [1.29, 1.82) is 0 Å². The first-order valence-electron chi connectivity index (χ1n) is 6.83. The van der Waals surface area contributed by atoms with Crippen molar-refractivity contribution in [3.05, 3.63) is 59.8 Å². The maximum atomic E-state index is 12.6. The fraction of sp³-hybridized carbons (Fsp3) is 0.118. The van der Waals surface area contributed by atoms with Gasteiger partial charge >= 0.3 is 6.18 Å². The third-order valence-electron chi connectivity index (χ3n) is 3.16. The largest absolute Gasteiger partial charge is 0.496 e. The summed E-state index contributed by atoms with van der Waals surface area (Å²) in [7, 11) is 1.56. The van der Waals surface area contributed by atoms with Crippen LogP contribution in [0, 0.1) is 11.8 Å². The summed E-state index contributed by atoms with van der Waals surface area (Å²) in [4.78, 5) is 11.5. The number of fused-ring (bicyclic) bond motifs is 1. The summed E-state index contributed by atoms with van der Waals surface area (Å²) in [6, 6.07) is 9.65. The van der Waals surface area contributed by atoms with Crippen LogP contribution in [0.25, 0.3) is 10.9 Å². The Morgan fingerprint density at radius 2 is 1.83 bits per heavy atom. The Hall–Kier alpha value is -3.14. The second kappa shape index (κ2) is 6.16. The van der Waals surface area contributed by atoms with E-state index >= 15 is 0 Å². The number of ether oxygens (including phenoxy) is 1. The second-order valence-electron chi connectivity index (χ2n) is 4.74. The van der Waals surface area contributed by atoms with Gasteiger partial charge in [0, 0.05) is 11.6 Å². The Balaban J connectivity index is 1.95. The summed E-state index contributed by atoms with van der Waals surface area (Å²) in [5.41, 5.74) is 0.0425. The van der Waals surface area contributed by atoms with Crippen molar-refractivity contribution in [2.45, 2.75) is 6.18 Å². The Labute approximate surface area is 135 Å². The Kier molecular flexibility index (Phi) is 4.04. The minimum Gasteiger partial charge on any atom is -0.496 e. The Morgan fingerprint density at radius 3 is 2.58 bits per heavy atom. The number of halogens is 3. The van der Waals surface area contributed by atoms with Crippen LogP contribution in [-0.4, -0.2) is 22.1 Å². The molecule has 0 radical (unpaired) electrons. The quantitative estimate of drug-likeness (QED) is 0.642. The van der Waals surface area contributed by atoms with E-state index in [0.717, 1.165) is 17.6 Å². The van der Waals surface area contributed by atoms with Gasteiger partial charge in [-0.25, -0.2) is 15.0 Å². The van der Waals surface area contributed by atoms with Crippen LogP contribution in [0.2, 0.25) is 0 Å². The first-order chi connectivity index (χ1) is 11.5. The predicted octanol–water partition coefficient (Wildman–Crippen LogP) is 3.45. The van der Waals surface area contributed by atoms with Gasteiger partial charge in [-0.1, -0.05) is 6.07 Å².